The minimum Gasteiger partial charge on any atom is -0.478 e. The molecule has 2 amide bonds. The van der Waals surface area contributed by atoms with Gasteiger partial charge >= 0.3 is 12.0 Å². The van der Waals surface area contributed by atoms with Gasteiger partial charge in [0.2, 0.25) is 0 Å². The molecule has 0 saturated carbocycles. The van der Waals surface area contributed by atoms with Gasteiger partial charge in [-0.25, -0.2) is 9.59 Å². The Bertz CT molecular complexity index is 578. The fourth-order valence-electron chi connectivity index (χ4n) is 3.65. The van der Waals surface area contributed by atoms with Crippen molar-refractivity contribution >= 4 is 12.0 Å². The Morgan fingerprint density at radius 2 is 1.73 bits per heavy atom. The molecule has 1 saturated heterocycles. The molecule has 1 aromatic carbocycles. The van der Waals surface area contributed by atoms with Crippen LogP contribution in [0, 0.1) is 11.8 Å². The van der Waals surface area contributed by atoms with E-state index in [2.05, 4.69) is 29.4 Å². The largest absolute Gasteiger partial charge is 0.478 e. The number of carboxylic acid groups (broad SMARTS) is 1. The van der Waals surface area contributed by atoms with Gasteiger partial charge < -0.3 is 20.6 Å². The first kappa shape index (κ1) is 20.2. The summed E-state index contributed by atoms with van der Waals surface area (Å²) in [6.07, 6.45) is 3.40. The minimum atomic E-state index is -0.948. The van der Waals surface area contributed by atoms with Crippen molar-refractivity contribution < 1.29 is 14.7 Å². The van der Waals surface area contributed by atoms with E-state index < -0.39 is 5.97 Å². The average Bonchev–Trinajstić information content (AvgIpc) is 2.59. The molecule has 1 aromatic rings. The molecule has 2 unspecified atom stereocenters. The van der Waals surface area contributed by atoms with E-state index in [1.54, 1.807) is 24.3 Å². The smallest absolute Gasteiger partial charge is 0.335 e. The number of unbranched alkanes of at least 4 members (excludes halogenated alkanes) is 1. The molecule has 1 aliphatic heterocycles. The van der Waals surface area contributed by atoms with Crippen molar-refractivity contribution in [1.82, 2.24) is 15.5 Å². The van der Waals surface area contributed by atoms with Crippen molar-refractivity contribution in [1.29, 1.82) is 0 Å². The van der Waals surface area contributed by atoms with Crippen LogP contribution in [-0.2, 0) is 6.54 Å². The quantitative estimate of drug-likeness (QED) is 0.622. The molecule has 1 fully saturated rings. The van der Waals surface area contributed by atoms with Gasteiger partial charge in [-0.2, -0.15) is 0 Å². The predicted molar refractivity (Wildman–Crippen MR) is 102 cm³/mol. The summed E-state index contributed by atoms with van der Waals surface area (Å²) in [6, 6.07) is 6.32. The summed E-state index contributed by atoms with van der Waals surface area (Å²) in [5.74, 6) is 0.621. The molecule has 6 heteroatoms. The Kier molecular flexibility index (Phi) is 7.91. The summed E-state index contributed by atoms with van der Waals surface area (Å²) in [6.45, 7) is 9.19. The number of hydrogen-bond acceptors (Lipinski definition) is 3. The van der Waals surface area contributed by atoms with Gasteiger partial charge in [0, 0.05) is 26.2 Å². The number of hydrogen-bond donors (Lipinski definition) is 3. The molecule has 144 valence electrons. The third-order valence-corrected chi connectivity index (χ3v) is 4.79. The molecule has 3 N–H and O–H groups in total. The van der Waals surface area contributed by atoms with Crippen LogP contribution in [0.15, 0.2) is 24.3 Å². The maximum absolute atomic E-state index is 11.8. The number of likely N-dealkylation sites (tertiary alicyclic amines) is 1. The van der Waals surface area contributed by atoms with E-state index in [1.165, 1.54) is 19.5 Å². The zero-order chi connectivity index (χ0) is 18.9. The Hall–Kier alpha value is -2.08. The monoisotopic (exact) mass is 361 g/mol. The van der Waals surface area contributed by atoms with Gasteiger partial charge in [-0.15, -0.1) is 0 Å². The summed E-state index contributed by atoms with van der Waals surface area (Å²) in [7, 11) is 0. The van der Waals surface area contributed by atoms with Crippen LogP contribution in [0.5, 0.6) is 0 Å². The molecule has 0 spiro atoms. The lowest BCUT2D eigenvalue weighted by Crippen LogP contribution is -2.39. The molecule has 0 radical (unpaired) electrons. The number of piperidine rings is 1. The van der Waals surface area contributed by atoms with Gasteiger partial charge in [-0.1, -0.05) is 26.0 Å². The lowest BCUT2D eigenvalue weighted by atomic mass is 9.92. The first-order valence-electron chi connectivity index (χ1n) is 9.50. The summed E-state index contributed by atoms with van der Waals surface area (Å²) < 4.78 is 0. The fraction of sp³-hybridized carbons (Fsp3) is 0.600. The van der Waals surface area contributed by atoms with Gasteiger partial charge in [0.1, 0.15) is 0 Å². The van der Waals surface area contributed by atoms with E-state index in [0.29, 0.717) is 13.1 Å². The lowest BCUT2D eigenvalue weighted by molar-refractivity contribution is 0.0697. The molecule has 0 aromatic heterocycles. The van der Waals surface area contributed by atoms with Crippen molar-refractivity contribution in [3.63, 3.8) is 0 Å². The number of nitrogens with one attached hydrogen (secondary N) is 2. The maximum Gasteiger partial charge on any atom is 0.335 e. The predicted octanol–water partition coefficient (Wildman–Crippen LogP) is 2.94. The first-order chi connectivity index (χ1) is 12.4. The topological polar surface area (TPSA) is 81.7 Å². The number of carboxylic acids is 1. The third kappa shape index (κ3) is 7.04. The highest BCUT2D eigenvalue weighted by atomic mass is 16.4. The average molecular weight is 361 g/mol. The van der Waals surface area contributed by atoms with E-state index in [0.717, 1.165) is 36.8 Å². The SMILES string of the molecule is CC1CC(C)CN(CCCCNC(=O)NCc2ccc(C(=O)O)cc2)C1. The normalized spacial score (nSPS) is 20.5. The van der Waals surface area contributed by atoms with Crippen LogP contribution in [0.25, 0.3) is 0 Å². The Morgan fingerprint density at radius 1 is 1.08 bits per heavy atom. The number of rotatable bonds is 8. The lowest BCUT2D eigenvalue weighted by Gasteiger charge is -2.34. The molecule has 26 heavy (non-hydrogen) atoms. The molecule has 2 atom stereocenters. The van der Waals surface area contributed by atoms with E-state index >= 15 is 0 Å². The maximum atomic E-state index is 11.8. The van der Waals surface area contributed by atoms with Gasteiger partial charge in [-0.05, 0) is 55.3 Å². The van der Waals surface area contributed by atoms with Crippen LogP contribution >= 0.6 is 0 Å². The van der Waals surface area contributed by atoms with Crippen LogP contribution in [-0.4, -0.2) is 48.2 Å². The second kappa shape index (κ2) is 10.2. The molecule has 0 bridgehead atoms. The Balaban J connectivity index is 1.55. The van der Waals surface area contributed by atoms with E-state index in [-0.39, 0.29) is 11.6 Å². The second-order valence-corrected chi connectivity index (χ2v) is 7.52. The highest BCUT2D eigenvalue weighted by Crippen LogP contribution is 2.20. The number of benzene rings is 1. The molecule has 0 aliphatic carbocycles. The van der Waals surface area contributed by atoms with Crippen LogP contribution in [0.1, 0.15) is 49.0 Å². The second-order valence-electron chi connectivity index (χ2n) is 7.52. The number of carbonyl (C=O) groups is 2. The summed E-state index contributed by atoms with van der Waals surface area (Å²) in [4.78, 5) is 25.2. The zero-order valence-corrected chi connectivity index (χ0v) is 15.8. The molecular formula is C20H31N3O3. The van der Waals surface area contributed by atoms with Crippen LogP contribution in [0.3, 0.4) is 0 Å². The van der Waals surface area contributed by atoms with Gasteiger partial charge in [0.25, 0.3) is 0 Å². The van der Waals surface area contributed by atoms with Crippen molar-refractivity contribution in [3.8, 4) is 0 Å². The van der Waals surface area contributed by atoms with E-state index in [9.17, 15) is 9.59 Å². The van der Waals surface area contributed by atoms with Crippen LogP contribution in [0.2, 0.25) is 0 Å². The number of urea groups is 1. The van der Waals surface area contributed by atoms with E-state index in [1.807, 2.05) is 0 Å². The van der Waals surface area contributed by atoms with Crippen LogP contribution < -0.4 is 10.6 Å². The zero-order valence-electron chi connectivity index (χ0n) is 15.8. The van der Waals surface area contributed by atoms with Crippen LogP contribution in [0.4, 0.5) is 4.79 Å². The van der Waals surface area contributed by atoms with Gasteiger partial charge in [0.15, 0.2) is 0 Å². The van der Waals surface area contributed by atoms with Gasteiger partial charge in [0.05, 0.1) is 5.56 Å². The molecular weight excluding hydrogens is 330 g/mol. The summed E-state index contributed by atoms with van der Waals surface area (Å²) >= 11 is 0. The molecule has 1 heterocycles. The highest BCUT2D eigenvalue weighted by molar-refractivity contribution is 5.87. The Morgan fingerprint density at radius 3 is 2.35 bits per heavy atom. The highest BCUT2D eigenvalue weighted by Gasteiger charge is 2.20. The number of carbonyl (C=O) groups excluding carboxylic acids is 1. The van der Waals surface area contributed by atoms with Crippen molar-refractivity contribution in [2.24, 2.45) is 11.8 Å². The third-order valence-electron chi connectivity index (χ3n) is 4.79. The fourth-order valence-corrected chi connectivity index (χ4v) is 3.65. The minimum absolute atomic E-state index is 0.187. The molecule has 1 aliphatic rings. The number of nitrogens with zero attached hydrogens (tertiary/aromatic N) is 1. The standard InChI is InChI=1S/C20H31N3O3/c1-15-11-16(2)14-23(13-15)10-4-3-9-21-20(26)22-12-17-5-7-18(8-6-17)19(24)25/h5-8,15-16H,3-4,9-14H2,1-2H3,(H,24,25)(H2,21,22,26). The number of aromatic carboxylic acids is 1. The van der Waals surface area contributed by atoms with Crippen molar-refractivity contribution in [2.75, 3.05) is 26.2 Å². The summed E-state index contributed by atoms with van der Waals surface area (Å²) in [5.41, 5.74) is 1.12. The first-order valence-corrected chi connectivity index (χ1v) is 9.50. The van der Waals surface area contributed by atoms with Gasteiger partial charge in [-0.3, -0.25) is 0 Å². The summed E-state index contributed by atoms with van der Waals surface area (Å²) in [5, 5.41) is 14.5. The molecule has 2 rings (SSSR count). The van der Waals surface area contributed by atoms with Crippen molar-refractivity contribution in [3.05, 3.63) is 35.4 Å². The van der Waals surface area contributed by atoms with Crippen molar-refractivity contribution in [2.45, 2.75) is 39.7 Å². The van der Waals surface area contributed by atoms with E-state index in [4.69, 9.17) is 5.11 Å². The number of amides is 2. The Labute approximate surface area is 156 Å². The molecule has 6 nitrogen and oxygen atoms in total.